The molecule has 0 heterocycles. The summed E-state index contributed by atoms with van der Waals surface area (Å²) in [6.07, 6.45) is 13.1. The highest BCUT2D eigenvalue weighted by Gasteiger charge is 2.33. The van der Waals surface area contributed by atoms with Crippen molar-refractivity contribution in [3.63, 3.8) is 0 Å². The van der Waals surface area contributed by atoms with E-state index in [4.69, 9.17) is 5.11 Å². The molecule has 0 aromatic rings. The molecule has 0 aliphatic carbocycles. The number of aliphatic hydroxyl groups excluding tert-OH is 5. The lowest BCUT2D eigenvalue weighted by atomic mass is 9.97. The van der Waals surface area contributed by atoms with Gasteiger partial charge in [-0.15, -0.1) is 0 Å². The third-order valence-corrected chi connectivity index (χ3v) is 5.86. The Morgan fingerprint density at radius 2 is 0.967 bits per heavy atom. The first kappa shape index (κ1) is 29.5. The summed E-state index contributed by atoms with van der Waals surface area (Å²) < 4.78 is 0. The molecule has 0 radical (unpaired) electrons. The molecule has 0 aliphatic rings. The Hall–Kier alpha value is -0.530. The van der Waals surface area contributed by atoms with Crippen LogP contribution in [-0.2, 0) is 4.79 Å². The van der Waals surface area contributed by atoms with Crippen molar-refractivity contribution < 1.29 is 30.3 Å². The Kier molecular flexibility index (Phi) is 20.0. The van der Waals surface area contributed by atoms with Crippen LogP contribution in [0.25, 0.3) is 0 Å². The molecule has 0 aromatic heterocycles. The topological polar surface area (TPSA) is 118 Å². The van der Waals surface area contributed by atoms with E-state index in [0.717, 1.165) is 19.3 Å². The summed E-state index contributed by atoms with van der Waals surface area (Å²) >= 11 is 0. The van der Waals surface area contributed by atoms with E-state index in [9.17, 15) is 25.2 Å². The predicted molar refractivity (Wildman–Crippen MR) is 120 cm³/mol. The zero-order chi connectivity index (χ0) is 22.6. The number of hydrogen-bond donors (Lipinski definition) is 5. The first-order valence-corrected chi connectivity index (χ1v) is 12.3. The molecule has 0 saturated carbocycles. The van der Waals surface area contributed by atoms with E-state index in [-0.39, 0.29) is 6.42 Å². The molecule has 180 valence electrons. The number of carbonyl (C=O) groups is 1. The van der Waals surface area contributed by atoms with E-state index < -0.39 is 36.8 Å². The SMILES string of the molecule is CCCCCCCCCCCCCCCCCCC(=O)[C@H](O)[C@@H](O)[C@H](O)[C@H](O)CO. The van der Waals surface area contributed by atoms with Crippen LogP contribution in [0, 0.1) is 0 Å². The Balaban J connectivity index is 3.48. The van der Waals surface area contributed by atoms with Gasteiger partial charge in [0.1, 0.15) is 24.4 Å². The number of carbonyl (C=O) groups excluding carboxylic acids is 1. The monoisotopic (exact) mass is 432 g/mol. The molecule has 4 atom stereocenters. The number of unbranched alkanes of at least 4 members (excludes halogenated alkanes) is 15. The van der Waals surface area contributed by atoms with Gasteiger partial charge in [0.25, 0.3) is 0 Å². The molecule has 0 saturated heterocycles. The molecule has 0 fully saturated rings. The maximum Gasteiger partial charge on any atom is 0.164 e. The summed E-state index contributed by atoms with van der Waals surface area (Å²) in [4.78, 5) is 11.9. The minimum atomic E-state index is -1.79. The molecular formula is C24H48O6. The molecule has 30 heavy (non-hydrogen) atoms. The van der Waals surface area contributed by atoms with E-state index >= 15 is 0 Å². The van der Waals surface area contributed by atoms with Crippen LogP contribution in [0.4, 0.5) is 0 Å². The van der Waals surface area contributed by atoms with Crippen molar-refractivity contribution in [3.05, 3.63) is 0 Å². The zero-order valence-corrected chi connectivity index (χ0v) is 19.2. The molecule has 0 aromatic carbocycles. The van der Waals surface area contributed by atoms with Crippen molar-refractivity contribution in [1.29, 1.82) is 0 Å². The van der Waals surface area contributed by atoms with Crippen molar-refractivity contribution in [2.24, 2.45) is 0 Å². The van der Waals surface area contributed by atoms with Gasteiger partial charge in [-0.3, -0.25) is 4.79 Å². The number of aliphatic hydroxyl groups is 5. The third kappa shape index (κ3) is 15.3. The van der Waals surface area contributed by atoms with Crippen molar-refractivity contribution in [2.75, 3.05) is 6.61 Å². The highest BCUT2D eigenvalue weighted by molar-refractivity contribution is 5.83. The van der Waals surface area contributed by atoms with Crippen molar-refractivity contribution in [3.8, 4) is 0 Å². The lowest BCUT2D eigenvalue weighted by Gasteiger charge is -2.24. The molecule has 0 bridgehead atoms. The Labute approximate surface area is 183 Å². The molecular weight excluding hydrogens is 384 g/mol. The second-order valence-electron chi connectivity index (χ2n) is 8.70. The fourth-order valence-corrected chi connectivity index (χ4v) is 3.71. The van der Waals surface area contributed by atoms with Crippen LogP contribution in [0.3, 0.4) is 0 Å². The number of hydrogen-bond acceptors (Lipinski definition) is 6. The van der Waals surface area contributed by atoms with Crippen LogP contribution in [0.2, 0.25) is 0 Å². The van der Waals surface area contributed by atoms with Crippen LogP contribution >= 0.6 is 0 Å². The summed E-state index contributed by atoms with van der Waals surface area (Å²) in [7, 11) is 0. The standard InChI is InChI=1S/C24H48O6/c1-2-3-4-5-6-7-8-9-10-11-12-13-14-15-16-17-18-20(26)22(28)24(30)23(29)21(27)19-25/h21-25,27-30H,2-19H2,1H3/t21-,22+,23-,24-/m1/s1. The van der Waals surface area contributed by atoms with Crippen molar-refractivity contribution >= 4 is 5.78 Å². The van der Waals surface area contributed by atoms with Gasteiger partial charge in [0.05, 0.1) is 6.61 Å². The fraction of sp³-hybridized carbons (Fsp3) is 0.958. The fourth-order valence-electron chi connectivity index (χ4n) is 3.71. The molecule has 0 spiro atoms. The summed E-state index contributed by atoms with van der Waals surface area (Å²) in [6, 6.07) is 0. The minimum absolute atomic E-state index is 0.138. The van der Waals surface area contributed by atoms with Crippen LogP contribution in [-0.4, -0.2) is 62.3 Å². The number of rotatable bonds is 22. The highest BCUT2D eigenvalue weighted by Crippen LogP contribution is 2.15. The average Bonchev–Trinajstić information content (AvgIpc) is 2.76. The van der Waals surface area contributed by atoms with Gasteiger partial charge in [0.15, 0.2) is 5.78 Å². The van der Waals surface area contributed by atoms with Gasteiger partial charge in [-0.05, 0) is 6.42 Å². The van der Waals surface area contributed by atoms with Gasteiger partial charge < -0.3 is 25.5 Å². The van der Waals surface area contributed by atoms with Crippen molar-refractivity contribution in [1.82, 2.24) is 0 Å². The number of ketones is 1. The lowest BCUT2D eigenvalue weighted by molar-refractivity contribution is -0.147. The van der Waals surface area contributed by atoms with E-state index in [1.165, 1.54) is 77.0 Å². The van der Waals surface area contributed by atoms with Crippen LogP contribution in [0.15, 0.2) is 0 Å². The third-order valence-electron chi connectivity index (χ3n) is 5.86. The Bertz CT molecular complexity index is 390. The van der Waals surface area contributed by atoms with Gasteiger partial charge in [-0.2, -0.15) is 0 Å². The summed E-state index contributed by atoms with van der Waals surface area (Å²) in [5.74, 6) is -0.544. The van der Waals surface area contributed by atoms with Gasteiger partial charge >= 0.3 is 0 Å². The van der Waals surface area contributed by atoms with Gasteiger partial charge in [-0.1, -0.05) is 103 Å². The maximum absolute atomic E-state index is 11.9. The van der Waals surface area contributed by atoms with E-state index in [1.807, 2.05) is 0 Å². The summed E-state index contributed by atoms with van der Waals surface area (Å²) in [5.41, 5.74) is 0. The first-order chi connectivity index (χ1) is 14.5. The highest BCUT2D eigenvalue weighted by atomic mass is 16.4. The predicted octanol–water partition coefficient (Wildman–Crippen LogP) is 3.64. The van der Waals surface area contributed by atoms with Crippen molar-refractivity contribution in [2.45, 2.75) is 140 Å². The van der Waals surface area contributed by atoms with Gasteiger partial charge in [-0.25, -0.2) is 0 Å². The summed E-state index contributed by atoms with van der Waals surface area (Å²) in [6.45, 7) is 1.50. The first-order valence-electron chi connectivity index (χ1n) is 12.3. The number of Topliss-reactive ketones (excluding diaryl/α,β-unsaturated/α-hetero) is 1. The molecule has 6 heteroatoms. The summed E-state index contributed by atoms with van der Waals surface area (Å²) in [5, 5.41) is 47.0. The quantitative estimate of drug-likeness (QED) is 0.167. The molecule has 5 N–H and O–H groups in total. The van der Waals surface area contributed by atoms with Crippen LogP contribution in [0.1, 0.15) is 116 Å². The average molecular weight is 433 g/mol. The Morgan fingerprint density at radius 3 is 1.33 bits per heavy atom. The van der Waals surface area contributed by atoms with Gasteiger partial charge in [0.2, 0.25) is 0 Å². The minimum Gasteiger partial charge on any atom is -0.394 e. The largest absolute Gasteiger partial charge is 0.394 e. The Morgan fingerprint density at radius 1 is 0.600 bits per heavy atom. The normalized spacial score (nSPS) is 15.7. The zero-order valence-electron chi connectivity index (χ0n) is 19.2. The second kappa shape index (κ2) is 20.4. The van der Waals surface area contributed by atoms with E-state index in [1.54, 1.807) is 0 Å². The molecule has 0 unspecified atom stereocenters. The maximum atomic E-state index is 11.9. The smallest absolute Gasteiger partial charge is 0.164 e. The van der Waals surface area contributed by atoms with Crippen LogP contribution in [0.5, 0.6) is 0 Å². The molecule has 0 aliphatic heterocycles. The van der Waals surface area contributed by atoms with Crippen LogP contribution < -0.4 is 0 Å². The van der Waals surface area contributed by atoms with E-state index in [2.05, 4.69) is 6.92 Å². The van der Waals surface area contributed by atoms with Gasteiger partial charge in [0, 0.05) is 6.42 Å². The lowest BCUT2D eigenvalue weighted by Crippen LogP contribution is -2.48. The van der Waals surface area contributed by atoms with E-state index in [0.29, 0.717) is 6.42 Å². The molecule has 6 nitrogen and oxygen atoms in total. The molecule has 0 amide bonds. The second-order valence-corrected chi connectivity index (χ2v) is 8.70. The molecule has 0 rings (SSSR count).